The van der Waals surface area contributed by atoms with Crippen LogP contribution in [0.2, 0.25) is 0 Å². The van der Waals surface area contributed by atoms with E-state index in [0.29, 0.717) is 61.8 Å². The monoisotopic (exact) mass is 936 g/mol. The average Bonchev–Trinajstić information content (AvgIpc) is 4.01. The van der Waals surface area contributed by atoms with Gasteiger partial charge in [0.1, 0.15) is 29.5 Å². The summed E-state index contributed by atoms with van der Waals surface area (Å²) < 4.78 is 28.6. The smallest absolute Gasteiger partial charge is 0.266 e. The molecule has 4 N–H and O–H groups in total. The number of aliphatic hydroxyl groups is 1. The van der Waals surface area contributed by atoms with Crippen molar-refractivity contribution in [1.82, 2.24) is 35.4 Å². The number of pyridine rings is 2. The van der Waals surface area contributed by atoms with E-state index in [-0.39, 0.29) is 43.8 Å². The number of anilines is 3. The van der Waals surface area contributed by atoms with E-state index in [9.17, 15) is 38.3 Å². The summed E-state index contributed by atoms with van der Waals surface area (Å²) in [7, 11) is 0. The lowest BCUT2D eigenvalue weighted by Gasteiger charge is -2.42. The number of aliphatic hydroxyl groups excluding tert-OH is 1. The van der Waals surface area contributed by atoms with Crippen molar-refractivity contribution in [3.05, 3.63) is 82.6 Å². The van der Waals surface area contributed by atoms with E-state index in [1.807, 2.05) is 71.0 Å². The van der Waals surface area contributed by atoms with Gasteiger partial charge in [0.2, 0.25) is 23.6 Å². The van der Waals surface area contributed by atoms with Crippen molar-refractivity contribution in [1.29, 1.82) is 5.26 Å². The number of amides is 4. The quantitative estimate of drug-likeness (QED) is 0.122. The molecule has 3 aromatic heterocycles. The van der Waals surface area contributed by atoms with Crippen LogP contribution in [-0.4, -0.2) is 110 Å². The minimum absolute atomic E-state index is 0.00410. The first kappa shape index (κ1) is 47.4. The molecule has 0 unspecified atom stereocenters. The zero-order valence-electron chi connectivity index (χ0n) is 38.5. The maximum atomic E-state index is 14.4. The number of likely N-dealkylation sites (tertiary alicyclic amines) is 2. The molecule has 67 heavy (non-hydrogen) atoms. The van der Waals surface area contributed by atoms with Crippen LogP contribution >= 0.6 is 11.3 Å². The van der Waals surface area contributed by atoms with Gasteiger partial charge in [-0.3, -0.25) is 19.2 Å². The summed E-state index contributed by atoms with van der Waals surface area (Å²) in [6.07, 6.45) is 2.59. The highest BCUT2D eigenvalue weighted by atomic mass is 32.1. The summed E-state index contributed by atoms with van der Waals surface area (Å²) in [4.78, 5) is 75.4. The number of nitrogens with one attached hydrogen (secondary N) is 3. The number of nitrogens with zero attached hydrogens (tertiary/aromatic N) is 7. The number of carbonyl (C=O) groups excluding carboxylic acids is 4. The Balaban J connectivity index is 0.889. The molecule has 354 valence electrons. The van der Waals surface area contributed by atoms with Gasteiger partial charge in [0.25, 0.3) is 5.92 Å². The number of alkyl halides is 2. The van der Waals surface area contributed by atoms with Gasteiger partial charge >= 0.3 is 0 Å². The third-order valence-corrected chi connectivity index (χ3v) is 14.7. The van der Waals surface area contributed by atoms with Gasteiger partial charge in [-0.2, -0.15) is 5.26 Å². The maximum Gasteiger partial charge on any atom is 0.266 e. The molecular formula is C49H58F2N10O5S. The minimum atomic E-state index is -2.83. The van der Waals surface area contributed by atoms with Gasteiger partial charge in [0.15, 0.2) is 0 Å². The molecular weight excluding hydrogens is 879 g/mol. The lowest BCUT2D eigenvalue weighted by molar-refractivity contribution is -0.151. The molecule has 4 aliphatic rings. The van der Waals surface area contributed by atoms with E-state index in [4.69, 9.17) is 0 Å². The molecule has 1 aliphatic carbocycles. The molecule has 6 heterocycles. The Hall–Kier alpha value is -6.06. The number of aromatic nitrogens is 3. The third-order valence-electron chi connectivity index (χ3n) is 13.7. The van der Waals surface area contributed by atoms with Crippen molar-refractivity contribution >= 4 is 52.4 Å². The zero-order valence-corrected chi connectivity index (χ0v) is 39.3. The molecule has 1 aromatic carbocycles. The second-order valence-electron chi connectivity index (χ2n) is 19.6. The van der Waals surface area contributed by atoms with Crippen LogP contribution < -0.4 is 20.9 Å². The number of rotatable bonds is 12. The van der Waals surface area contributed by atoms with Crippen molar-refractivity contribution in [3.8, 4) is 16.5 Å². The summed E-state index contributed by atoms with van der Waals surface area (Å²) >= 11 is 1.56. The topological polar surface area (TPSA) is 197 Å². The molecule has 8 rings (SSSR count). The fraction of sp³-hybridized carbons (Fsp3) is 0.510. The maximum absolute atomic E-state index is 14.4. The molecule has 4 amide bonds. The standard InChI is InChI=1S/C49H58F2N10O5S/c1-28(31-6-8-33(9-7-31)42-29(2)54-27-67-42)55-45(64)38-23-35(62)25-61(38)47(66)43(48(3,4)5)58-44(63)36-10-11-37(36)46(65)59-17-13-32(14-18-59)34-21-40(56-39-20-30(24-52)12-16-53-39)57-41(22-34)60-19-15-49(50,51)26-60/h6-9,12,16,20-22,27-28,32,35-38,43,62H,10-11,13-15,17-19,23,25-26H2,1-5H3,(H,55,64)(H,58,63)(H,53,56,57)/t28-,35+,36-,37-,38-,43+/m0/s1. The first-order chi connectivity index (χ1) is 31.9. The number of benzene rings is 1. The molecule has 18 heteroatoms. The highest BCUT2D eigenvalue weighted by molar-refractivity contribution is 7.13. The minimum Gasteiger partial charge on any atom is -0.391 e. The Morgan fingerprint density at radius 2 is 1.67 bits per heavy atom. The number of halogens is 2. The number of piperidine rings is 1. The normalized spacial score (nSPS) is 22.6. The number of aryl methyl sites for hydroxylation is 1. The van der Waals surface area contributed by atoms with E-state index in [1.165, 1.54) is 11.1 Å². The Morgan fingerprint density at radius 1 is 0.940 bits per heavy atom. The van der Waals surface area contributed by atoms with Crippen molar-refractivity contribution in [3.63, 3.8) is 0 Å². The van der Waals surface area contributed by atoms with Crippen LogP contribution in [-0.2, 0) is 19.2 Å². The largest absolute Gasteiger partial charge is 0.391 e. The molecule has 4 fully saturated rings. The summed E-state index contributed by atoms with van der Waals surface area (Å²) in [5, 5.41) is 29.3. The Labute approximate surface area is 393 Å². The average molecular weight is 937 g/mol. The Kier molecular flexibility index (Phi) is 13.6. The van der Waals surface area contributed by atoms with Gasteiger partial charge in [0.05, 0.1) is 46.4 Å². The SMILES string of the molecule is Cc1ncsc1-c1ccc([C@H](C)NC(=O)[C@@H]2C[C@@H](O)CN2C(=O)[C@@H](NC(=O)[C@H]2CC[C@@H]2C(=O)N2CCC(c3cc(Nc4cc(C#N)ccn4)nc(N4CCC(F)(F)C4)c3)CC2)C(C)(C)C)cc1. The van der Waals surface area contributed by atoms with Crippen molar-refractivity contribution in [2.45, 2.75) is 109 Å². The predicted octanol–water partition coefficient (Wildman–Crippen LogP) is 6.47. The van der Waals surface area contributed by atoms with Crippen LogP contribution in [0.15, 0.2) is 60.2 Å². The van der Waals surface area contributed by atoms with Crippen LogP contribution in [0.4, 0.5) is 26.2 Å². The number of nitriles is 1. The molecule has 1 saturated carbocycles. The number of β-amino-alcohol motifs (C(OH)–C–C–N with tert-alkyl or cyclic N) is 1. The fourth-order valence-corrected chi connectivity index (χ4v) is 10.5. The van der Waals surface area contributed by atoms with Gasteiger partial charge in [-0.15, -0.1) is 11.3 Å². The van der Waals surface area contributed by atoms with E-state index >= 15 is 0 Å². The molecule has 0 bridgehead atoms. The van der Waals surface area contributed by atoms with Crippen LogP contribution in [0.1, 0.15) is 101 Å². The molecule has 6 atom stereocenters. The first-order valence-corrected chi connectivity index (χ1v) is 23.9. The molecule has 0 spiro atoms. The Bertz CT molecular complexity index is 2540. The lowest BCUT2D eigenvalue weighted by atomic mass is 9.71. The molecule has 0 radical (unpaired) electrons. The van der Waals surface area contributed by atoms with Crippen molar-refractivity contribution in [2.75, 3.05) is 42.9 Å². The van der Waals surface area contributed by atoms with Gasteiger partial charge in [-0.25, -0.2) is 23.7 Å². The van der Waals surface area contributed by atoms with E-state index < -0.39 is 65.6 Å². The predicted molar refractivity (Wildman–Crippen MR) is 249 cm³/mol. The summed E-state index contributed by atoms with van der Waals surface area (Å²) in [6.45, 7) is 9.84. The van der Waals surface area contributed by atoms with Gasteiger partial charge < -0.3 is 35.8 Å². The molecule has 3 saturated heterocycles. The van der Waals surface area contributed by atoms with Crippen LogP contribution in [0.5, 0.6) is 0 Å². The van der Waals surface area contributed by atoms with Crippen LogP contribution in [0.3, 0.4) is 0 Å². The fourth-order valence-electron chi connectivity index (χ4n) is 9.67. The van der Waals surface area contributed by atoms with Gasteiger partial charge in [0, 0.05) is 57.1 Å². The summed E-state index contributed by atoms with van der Waals surface area (Å²) in [6, 6.07) is 14.5. The molecule has 3 aliphatic heterocycles. The molecule has 15 nitrogen and oxygen atoms in total. The van der Waals surface area contributed by atoms with Crippen molar-refractivity contribution < 1.29 is 33.1 Å². The zero-order chi connectivity index (χ0) is 47.8. The second-order valence-corrected chi connectivity index (χ2v) is 20.4. The van der Waals surface area contributed by atoms with Crippen LogP contribution in [0, 0.1) is 35.5 Å². The lowest BCUT2D eigenvalue weighted by Crippen LogP contribution is -2.60. The third kappa shape index (κ3) is 10.6. The number of hydrogen-bond donors (Lipinski definition) is 4. The first-order valence-electron chi connectivity index (χ1n) is 23.0. The summed E-state index contributed by atoms with van der Waals surface area (Å²) in [5.41, 5.74) is 5.18. The summed E-state index contributed by atoms with van der Waals surface area (Å²) in [5.74, 6) is -4.19. The number of carbonyl (C=O) groups is 4. The van der Waals surface area contributed by atoms with Gasteiger partial charge in [-0.05, 0) is 91.8 Å². The van der Waals surface area contributed by atoms with E-state index in [0.717, 1.165) is 27.3 Å². The van der Waals surface area contributed by atoms with Crippen LogP contribution in [0.25, 0.3) is 10.4 Å². The van der Waals surface area contributed by atoms with Crippen molar-refractivity contribution in [2.24, 2.45) is 17.3 Å². The second kappa shape index (κ2) is 19.3. The Morgan fingerprint density at radius 3 is 2.30 bits per heavy atom. The molecule has 4 aromatic rings. The van der Waals surface area contributed by atoms with E-state index in [2.05, 4.69) is 37.0 Å². The number of thiazole rings is 1. The van der Waals surface area contributed by atoms with E-state index in [1.54, 1.807) is 38.8 Å². The number of hydrogen-bond acceptors (Lipinski definition) is 12. The highest BCUT2D eigenvalue weighted by Crippen LogP contribution is 2.40. The highest BCUT2D eigenvalue weighted by Gasteiger charge is 2.48. The van der Waals surface area contributed by atoms with Gasteiger partial charge in [-0.1, -0.05) is 45.0 Å².